The van der Waals surface area contributed by atoms with E-state index in [0.717, 1.165) is 25.3 Å². The lowest BCUT2D eigenvalue weighted by atomic mass is 10.1. The van der Waals surface area contributed by atoms with E-state index >= 15 is 0 Å². The van der Waals surface area contributed by atoms with Gasteiger partial charge in [0.05, 0.1) is 12.7 Å². The van der Waals surface area contributed by atoms with Crippen LogP contribution in [0.5, 0.6) is 23.0 Å². The van der Waals surface area contributed by atoms with Gasteiger partial charge in [-0.1, -0.05) is 0 Å². The first kappa shape index (κ1) is 20.2. The Morgan fingerprint density at radius 3 is 2.11 bits per heavy atom. The molecule has 0 atom stereocenters. The number of halogens is 6. The molecule has 0 fully saturated rings. The largest absolute Gasteiger partial charge is 0.573 e. The second-order valence-corrected chi connectivity index (χ2v) is 4.98. The van der Waals surface area contributed by atoms with Crippen molar-refractivity contribution < 1.29 is 50.5 Å². The summed E-state index contributed by atoms with van der Waals surface area (Å²) in [5, 5.41) is 9.10. The van der Waals surface area contributed by atoms with Crippen LogP contribution in [0, 0.1) is 0 Å². The highest BCUT2D eigenvalue weighted by Gasteiger charge is 2.33. The van der Waals surface area contributed by atoms with Crippen molar-refractivity contribution in [1.82, 2.24) is 0 Å². The van der Waals surface area contributed by atoms with Crippen molar-refractivity contribution in [3.05, 3.63) is 47.5 Å². The third kappa shape index (κ3) is 5.19. The number of aromatic carboxylic acids is 1. The number of ether oxygens (including phenoxy) is 3. The van der Waals surface area contributed by atoms with Gasteiger partial charge < -0.3 is 19.3 Å². The number of methoxy groups -OCH3 is 1. The highest BCUT2D eigenvalue weighted by molar-refractivity contribution is 5.91. The first-order valence-corrected chi connectivity index (χ1v) is 6.97. The Bertz CT molecular complexity index is 844. The summed E-state index contributed by atoms with van der Waals surface area (Å²) in [5.74, 6) is -3.51. The van der Waals surface area contributed by atoms with E-state index in [-0.39, 0.29) is 11.5 Å². The number of carboxylic acid groups (broad SMARTS) is 1. The van der Waals surface area contributed by atoms with Crippen LogP contribution in [-0.4, -0.2) is 24.5 Å². The molecule has 0 heterocycles. The third-order valence-electron chi connectivity index (χ3n) is 3.13. The summed E-state index contributed by atoms with van der Waals surface area (Å²) in [6, 6.07) is 4.28. The molecule has 1 N–H and O–H groups in total. The zero-order valence-electron chi connectivity index (χ0n) is 13.3. The van der Waals surface area contributed by atoms with Crippen LogP contribution in [0.2, 0.25) is 0 Å². The predicted octanol–water partition coefficient (Wildman–Crippen LogP) is 5.10. The molecule has 11 heteroatoms. The molecule has 0 bridgehead atoms. The minimum absolute atomic E-state index is 0.311. The molecule has 0 aliphatic rings. The van der Waals surface area contributed by atoms with E-state index in [9.17, 15) is 31.1 Å². The summed E-state index contributed by atoms with van der Waals surface area (Å²) in [6.45, 7) is 0. The molecule has 2 rings (SSSR count). The molecule has 27 heavy (non-hydrogen) atoms. The molecule has 0 aliphatic heterocycles. The molecular formula is C16H10F6O5. The Balaban J connectivity index is 2.44. The smallest absolute Gasteiger partial charge is 0.493 e. The van der Waals surface area contributed by atoms with E-state index in [1.807, 2.05) is 0 Å². The number of benzene rings is 2. The molecule has 0 spiro atoms. The zero-order chi connectivity index (χ0) is 20.4. The van der Waals surface area contributed by atoms with Gasteiger partial charge in [0.15, 0.2) is 11.5 Å². The highest BCUT2D eigenvalue weighted by Crippen LogP contribution is 2.39. The van der Waals surface area contributed by atoms with Gasteiger partial charge in [0, 0.05) is 6.07 Å². The van der Waals surface area contributed by atoms with E-state index in [2.05, 4.69) is 4.74 Å². The van der Waals surface area contributed by atoms with Gasteiger partial charge in [-0.3, -0.25) is 0 Å². The van der Waals surface area contributed by atoms with Gasteiger partial charge in [0.25, 0.3) is 0 Å². The van der Waals surface area contributed by atoms with Crippen LogP contribution in [0.15, 0.2) is 36.4 Å². The van der Waals surface area contributed by atoms with Crippen molar-refractivity contribution in [2.75, 3.05) is 7.11 Å². The van der Waals surface area contributed by atoms with Crippen LogP contribution < -0.4 is 14.2 Å². The second kappa shape index (κ2) is 7.25. The number of carbonyl (C=O) groups is 1. The summed E-state index contributed by atoms with van der Waals surface area (Å²) in [7, 11) is 1.07. The molecule has 5 nitrogen and oxygen atoms in total. The van der Waals surface area contributed by atoms with Crippen molar-refractivity contribution >= 4 is 5.97 Å². The lowest BCUT2D eigenvalue weighted by Crippen LogP contribution is -2.17. The lowest BCUT2D eigenvalue weighted by molar-refractivity contribution is -0.274. The topological polar surface area (TPSA) is 65.0 Å². The summed E-state index contributed by atoms with van der Waals surface area (Å²) < 4.78 is 89.0. The Hall–Kier alpha value is -3.11. The molecule has 146 valence electrons. The maximum atomic E-state index is 12.8. The van der Waals surface area contributed by atoms with E-state index < -0.39 is 41.1 Å². The van der Waals surface area contributed by atoms with Crippen LogP contribution in [0.25, 0.3) is 0 Å². The Morgan fingerprint density at radius 1 is 0.926 bits per heavy atom. The van der Waals surface area contributed by atoms with Crippen LogP contribution >= 0.6 is 0 Å². The van der Waals surface area contributed by atoms with Crippen molar-refractivity contribution in [2.45, 2.75) is 12.5 Å². The molecule has 0 aliphatic carbocycles. The van der Waals surface area contributed by atoms with Crippen molar-refractivity contribution in [1.29, 1.82) is 0 Å². The molecule has 2 aromatic carbocycles. The first-order valence-electron chi connectivity index (χ1n) is 6.97. The van der Waals surface area contributed by atoms with Crippen molar-refractivity contribution in [3.63, 3.8) is 0 Å². The quantitative estimate of drug-likeness (QED) is 0.713. The summed E-state index contributed by atoms with van der Waals surface area (Å²) in [5.41, 5.74) is -1.75. The van der Waals surface area contributed by atoms with Gasteiger partial charge >= 0.3 is 18.5 Å². The molecule has 0 amide bonds. The molecule has 0 saturated carbocycles. The summed E-state index contributed by atoms with van der Waals surface area (Å²) in [6.07, 6.45) is -9.73. The molecule has 0 aromatic heterocycles. The minimum Gasteiger partial charge on any atom is -0.493 e. The predicted molar refractivity (Wildman–Crippen MR) is 78.2 cm³/mol. The monoisotopic (exact) mass is 396 g/mol. The molecule has 2 aromatic rings. The second-order valence-electron chi connectivity index (χ2n) is 4.98. The van der Waals surface area contributed by atoms with E-state index in [0.29, 0.717) is 18.2 Å². The van der Waals surface area contributed by atoms with E-state index in [1.165, 1.54) is 0 Å². The zero-order valence-corrected chi connectivity index (χ0v) is 13.3. The van der Waals surface area contributed by atoms with Gasteiger partial charge in [0.1, 0.15) is 17.1 Å². The van der Waals surface area contributed by atoms with Crippen molar-refractivity contribution in [2.24, 2.45) is 0 Å². The number of hydrogen-bond acceptors (Lipinski definition) is 4. The lowest BCUT2D eigenvalue weighted by Gasteiger charge is -2.16. The van der Waals surface area contributed by atoms with Crippen molar-refractivity contribution in [3.8, 4) is 23.0 Å². The number of carboxylic acids is 1. The fourth-order valence-electron chi connectivity index (χ4n) is 2.01. The van der Waals surface area contributed by atoms with Crippen LogP contribution in [-0.2, 0) is 6.18 Å². The Morgan fingerprint density at radius 2 is 1.59 bits per heavy atom. The normalized spacial score (nSPS) is 11.8. The van der Waals surface area contributed by atoms with Gasteiger partial charge in [-0.15, -0.1) is 13.2 Å². The maximum absolute atomic E-state index is 12.8. The van der Waals surface area contributed by atoms with Crippen LogP contribution in [0.1, 0.15) is 15.9 Å². The van der Waals surface area contributed by atoms with E-state index in [1.54, 1.807) is 0 Å². The van der Waals surface area contributed by atoms with Gasteiger partial charge in [-0.25, -0.2) is 4.79 Å². The molecule has 0 unspecified atom stereocenters. The van der Waals surface area contributed by atoms with Gasteiger partial charge in [-0.2, -0.15) is 13.2 Å². The fourth-order valence-corrected chi connectivity index (χ4v) is 2.01. The maximum Gasteiger partial charge on any atom is 0.573 e. The van der Waals surface area contributed by atoms with Gasteiger partial charge in [-0.05, 0) is 30.3 Å². The average molecular weight is 396 g/mol. The fraction of sp³-hybridized carbons (Fsp3) is 0.188. The van der Waals surface area contributed by atoms with Crippen LogP contribution in [0.4, 0.5) is 26.3 Å². The molecule has 0 radical (unpaired) electrons. The Kier molecular flexibility index (Phi) is 5.43. The van der Waals surface area contributed by atoms with Crippen LogP contribution in [0.3, 0.4) is 0 Å². The third-order valence-corrected chi connectivity index (χ3v) is 3.13. The molecular weight excluding hydrogens is 386 g/mol. The SMILES string of the molecule is COc1cc(OC(F)(F)F)ccc1Oc1cc(C(F)(F)F)ccc1C(=O)O. The standard InChI is InChI=1S/C16H10F6O5/c1-25-13-7-9(27-16(20,21)22)3-5-11(13)26-12-6-8(15(17,18)19)2-4-10(12)14(23)24/h2-7H,1H3,(H,23,24). The highest BCUT2D eigenvalue weighted by atomic mass is 19.4. The summed E-state index contributed by atoms with van der Waals surface area (Å²) >= 11 is 0. The Labute approximate surface area is 147 Å². The first-order chi connectivity index (χ1) is 12.4. The van der Waals surface area contributed by atoms with Gasteiger partial charge in [0.2, 0.25) is 0 Å². The number of hydrogen-bond donors (Lipinski definition) is 1. The number of rotatable bonds is 5. The average Bonchev–Trinajstić information content (AvgIpc) is 2.53. The summed E-state index contributed by atoms with van der Waals surface area (Å²) in [4.78, 5) is 11.2. The minimum atomic E-state index is -4.97. The molecule has 0 saturated heterocycles. The van der Waals surface area contributed by atoms with E-state index in [4.69, 9.17) is 14.6 Å². The number of alkyl halides is 6.